The summed E-state index contributed by atoms with van der Waals surface area (Å²) in [6.45, 7) is -0.641. The summed E-state index contributed by atoms with van der Waals surface area (Å²) in [6, 6.07) is 2.91. The van der Waals surface area contributed by atoms with Crippen LogP contribution in [0.15, 0.2) is 18.3 Å². The van der Waals surface area contributed by atoms with Crippen LogP contribution in [0.3, 0.4) is 0 Å². The van der Waals surface area contributed by atoms with Crippen molar-refractivity contribution in [3.8, 4) is 0 Å². The molecule has 0 saturated heterocycles. The van der Waals surface area contributed by atoms with Gasteiger partial charge in [-0.25, -0.2) is 4.98 Å². The van der Waals surface area contributed by atoms with Gasteiger partial charge in [-0.15, -0.1) is 0 Å². The van der Waals surface area contributed by atoms with Gasteiger partial charge in [0.1, 0.15) is 5.82 Å². The molecule has 0 aliphatic rings. The van der Waals surface area contributed by atoms with Gasteiger partial charge >= 0.3 is 6.18 Å². The van der Waals surface area contributed by atoms with Crippen molar-refractivity contribution in [3.63, 3.8) is 0 Å². The number of hydrogen-bond donors (Lipinski definition) is 2. The Balaban J connectivity index is 2.47. The zero-order valence-electron chi connectivity index (χ0n) is 7.42. The Morgan fingerprint density at radius 2 is 2.13 bits per heavy atom. The monoisotopic (exact) mass is 240 g/mol. The van der Waals surface area contributed by atoms with Crippen LogP contribution in [0.5, 0.6) is 0 Å². The maximum atomic E-state index is 11.9. The van der Waals surface area contributed by atoms with Gasteiger partial charge in [-0.3, -0.25) is 0 Å². The van der Waals surface area contributed by atoms with E-state index < -0.39 is 18.8 Å². The fourth-order valence-electron chi connectivity index (χ4n) is 0.797. The molecule has 1 rings (SSSR count). The number of pyridine rings is 1. The third kappa shape index (κ3) is 3.93. The molecule has 3 nitrogen and oxygen atoms in total. The maximum absolute atomic E-state index is 11.9. The number of aliphatic hydroxyl groups is 1. The van der Waals surface area contributed by atoms with E-state index in [1.54, 1.807) is 0 Å². The topological polar surface area (TPSA) is 45.1 Å². The van der Waals surface area contributed by atoms with Crippen molar-refractivity contribution in [2.45, 2.75) is 12.3 Å². The molecule has 1 aromatic heterocycles. The maximum Gasteiger partial charge on any atom is 0.416 e. The molecule has 0 bridgehead atoms. The molecule has 1 atom stereocenters. The molecule has 1 aromatic rings. The third-order valence-electron chi connectivity index (χ3n) is 1.58. The molecule has 84 valence electrons. The van der Waals surface area contributed by atoms with Gasteiger partial charge in [0.15, 0.2) is 6.10 Å². The van der Waals surface area contributed by atoms with E-state index in [0.29, 0.717) is 5.02 Å². The van der Waals surface area contributed by atoms with Gasteiger partial charge in [0, 0.05) is 6.20 Å². The molecule has 0 fully saturated rings. The van der Waals surface area contributed by atoms with Crippen molar-refractivity contribution in [2.75, 3.05) is 11.9 Å². The fraction of sp³-hybridized carbons (Fsp3) is 0.375. The smallest absolute Gasteiger partial charge is 0.382 e. The number of nitrogens with zero attached hydrogens (tertiary/aromatic N) is 1. The van der Waals surface area contributed by atoms with Crippen LogP contribution in [0, 0.1) is 0 Å². The normalized spacial score (nSPS) is 13.7. The SMILES string of the molecule is OC(CNc1ccc(Cl)cn1)C(F)(F)F. The van der Waals surface area contributed by atoms with Gasteiger partial charge in [-0.1, -0.05) is 11.6 Å². The second kappa shape index (κ2) is 4.67. The lowest BCUT2D eigenvalue weighted by molar-refractivity contribution is -0.198. The summed E-state index contributed by atoms with van der Waals surface area (Å²) in [7, 11) is 0. The Hall–Kier alpha value is -1.01. The third-order valence-corrected chi connectivity index (χ3v) is 1.81. The lowest BCUT2D eigenvalue weighted by atomic mass is 10.3. The van der Waals surface area contributed by atoms with E-state index in [4.69, 9.17) is 16.7 Å². The highest BCUT2D eigenvalue weighted by Crippen LogP contribution is 2.20. The predicted molar refractivity (Wildman–Crippen MR) is 49.8 cm³/mol. The molecule has 1 unspecified atom stereocenters. The molecule has 7 heteroatoms. The minimum Gasteiger partial charge on any atom is -0.382 e. The van der Waals surface area contributed by atoms with Gasteiger partial charge in [0.2, 0.25) is 0 Å². The van der Waals surface area contributed by atoms with Gasteiger partial charge < -0.3 is 10.4 Å². The minimum atomic E-state index is -4.63. The molecule has 2 N–H and O–H groups in total. The van der Waals surface area contributed by atoms with Crippen molar-refractivity contribution >= 4 is 17.4 Å². The predicted octanol–water partition coefficient (Wildman–Crippen LogP) is 2.07. The molecular weight excluding hydrogens is 233 g/mol. The van der Waals surface area contributed by atoms with Crippen molar-refractivity contribution < 1.29 is 18.3 Å². The summed E-state index contributed by atoms with van der Waals surface area (Å²) in [6.07, 6.45) is -5.74. The average Bonchev–Trinajstić information content (AvgIpc) is 2.15. The molecule has 0 radical (unpaired) electrons. The number of alkyl halides is 3. The molecule has 0 aliphatic heterocycles. The summed E-state index contributed by atoms with van der Waals surface area (Å²) < 4.78 is 35.7. The van der Waals surface area contributed by atoms with Crippen LogP contribution in [0.4, 0.5) is 19.0 Å². The summed E-state index contributed by atoms with van der Waals surface area (Å²) in [5.41, 5.74) is 0. The zero-order valence-corrected chi connectivity index (χ0v) is 8.18. The van der Waals surface area contributed by atoms with E-state index in [2.05, 4.69) is 10.3 Å². The van der Waals surface area contributed by atoms with Gasteiger partial charge in [0.25, 0.3) is 0 Å². The first-order valence-corrected chi connectivity index (χ1v) is 4.37. The molecule has 0 saturated carbocycles. The van der Waals surface area contributed by atoms with E-state index in [1.165, 1.54) is 18.3 Å². The number of aliphatic hydroxyl groups excluding tert-OH is 1. The lowest BCUT2D eigenvalue weighted by Crippen LogP contribution is -2.35. The Morgan fingerprint density at radius 1 is 1.47 bits per heavy atom. The first-order valence-electron chi connectivity index (χ1n) is 4.00. The number of anilines is 1. The first-order chi connectivity index (χ1) is 6.89. The summed E-state index contributed by atoms with van der Waals surface area (Å²) >= 11 is 5.53. The highest BCUT2D eigenvalue weighted by atomic mass is 35.5. The standard InChI is InChI=1S/C8H8ClF3N2O/c9-5-1-2-7(13-3-5)14-4-6(15)8(10,11)12/h1-3,6,15H,4H2,(H,13,14). The Kier molecular flexibility index (Phi) is 3.76. The summed E-state index contributed by atoms with van der Waals surface area (Å²) in [4.78, 5) is 3.71. The number of aromatic nitrogens is 1. The Labute approximate surface area is 88.9 Å². The molecular formula is C8H8ClF3N2O. The van der Waals surface area contributed by atoms with Crippen LogP contribution >= 0.6 is 11.6 Å². The van der Waals surface area contributed by atoms with Crippen LogP contribution in [0.25, 0.3) is 0 Å². The lowest BCUT2D eigenvalue weighted by Gasteiger charge is -2.15. The van der Waals surface area contributed by atoms with Crippen LogP contribution in [0.2, 0.25) is 5.02 Å². The van der Waals surface area contributed by atoms with Gasteiger partial charge in [-0.05, 0) is 12.1 Å². The molecule has 0 aromatic carbocycles. The van der Waals surface area contributed by atoms with Crippen molar-refractivity contribution in [1.82, 2.24) is 4.98 Å². The number of rotatable bonds is 3. The summed E-state index contributed by atoms with van der Waals surface area (Å²) in [5, 5.41) is 11.4. The fourth-order valence-corrected chi connectivity index (χ4v) is 0.909. The van der Waals surface area contributed by atoms with Gasteiger partial charge in [-0.2, -0.15) is 13.2 Å². The number of hydrogen-bond acceptors (Lipinski definition) is 3. The molecule has 0 spiro atoms. The second-order valence-electron chi connectivity index (χ2n) is 2.80. The van der Waals surface area contributed by atoms with E-state index >= 15 is 0 Å². The minimum absolute atomic E-state index is 0.225. The Bertz CT molecular complexity index is 315. The van der Waals surface area contributed by atoms with E-state index in [0.717, 1.165) is 0 Å². The van der Waals surface area contributed by atoms with Crippen molar-refractivity contribution in [1.29, 1.82) is 0 Å². The van der Waals surface area contributed by atoms with Crippen molar-refractivity contribution in [2.24, 2.45) is 0 Å². The van der Waals surface area contributed by atoms with Crippen LogP contribution in [-0.2, 0) is 0 Å². The van der Waals surface area contributed by atoms with E-state index in [1.807, 2.05) is 0 Å². The van der Waals surface area contributed by atoms with Crippen LogP contribution < -0.4 is 5.32 Å². The van der Waals surface area contributed by atoms with Gasteiger partial charge in [0.05, 0.1) is 11.6 Å². The second-order valence-corrected chi connectivity index (χ2v) is 3.24. The molecule has 1 heterocycles. The molecule has 15 heavy (non-hydrogen) atoms. The van der Waals surface area contributed by atoms with E-state index in [-0.39, 0.29) is 5.82 Å². The summed E-state index contributed by atoms with van der Waals surface area (Å²) in [5.74, 6) is 0.225. The quantitative estimate of drug-likeness (QED) is 0.850. The largest absolute Gasteiger partial charge is 0.416 e. The van der Waals surface area contributed by atoms with Crippen LogP contribution in [-0.4, -0.2) is 28.9 Å². The highest BCUT2D eigenvalue weighted by molar-refractivity contribution is 6.30. The molecule has 0 amide bonds. The number of halogens is 4. The zero-order chi connectivity index (χ0) is 11.5. The average molecular weight is 241 g/mol. The van der Waals surface area contributed by atoms with Crippen molar-refractivity contribution in [3.05, 3.63) is 23.4 Å². The Morgan fingerprint density at radius 3 is 2.60 bits per heavy atom. The first kappa shape index (κ1) is 12.1. The molecule has 0 aliphatic carbocycles. The van der Waals surface area contributed by atoms with E-state index in [9.17, 15) is 13.2 Å². The van der Waals surface area contributed by atoms with Crippen LogP contribution in [0.1, 0.15) is 0 Å². The number of nitrogens with one attached hydrogen (secondary N) is 1. The highest BCUT2D eigenvalue weighted by Gasteiger charge is 2.37.